The summed E-state index contributed by atoms with van der Waals surface area (Å²) in [6.07, 6.45) is 1.42. The lowest BCUT2D eigenvalue weighted by Gasteiger charge is -2.13. The average Bonchev–Trinajstić information content (AvgIpc) is 2.84. The standard InChI is InChI=1S/C14H15ClN2O4/c1-17-13(9(15)7-16-17)14(18)8-5-11(20-3)12(21-4)6-10(8)19-2/h5-7H,1-4H3. The Morgan fingerprint density at radius 1 is 1.10 bits per heavy atom. The molecule has 0 fully saturated rings. The van der Waals surface area contributed by atoms with Crippen molar-refractivity contribution in [1.29, 1.82) is 0 Å². The zero-order valence-corrected chi connectivity index (χ0v) is 12.9. The summed E-state index contributed by atoms with van der Waals surface area (Å²) in [6.45, 7) is 0. The van der Waals surface area contributed by atoms with E-state index in [9.17, 15) is 4.79 Å². The number of methoxy groups -OCH3 is 3. The normalized spacial score (nSPS) is 10.3. The lowest BCUT2D eigenvalue weighted by molar-refractivity contribution is 0.102. The largest absolute Gasteiger partial charge is 0.496 e. The van der Waals surface area contributed by atoms with E-state index in [0.717, 1.165) is 0 Å². The van der Waals surface area contributed by atoms with Gasteiger partial charge in [0.2, 0.25) is 5.78 Å². The molecule has 112 valence electrons. The number of ketones is 1. The Morgan fingerprint density at radius 2 is 1.67 bits per heavy atom. The van der Waals surface area contributed by atoms with Gasteiger partial charge in [0, 0.05) is 13.1 Å². The highest BCUT2D eigenvalue weighted by atomic mass is 35.5. The van der Waals surface area contributed by atoms with Crippen molar-refractivity contribution in [1.82, 2.24) is 9.78 Å². The molecule has 0 aliphatic carbocycles. The number of hydrogen-bond donors (Lipinski definition) is 0. The van der Waals surface area contributed by atoms with Crippen LogP contribution in [0.25, 0.3) is 0 Å². The number of halogens is 1. The fourth-order valence-corrected chi connectivity index (χ4v) is 2.25. The molecule has 0 radical (unpaired) electrons. The minimum Gasteiger partial charge on any atom is -0.496 e. The molecule has 7 heteroatoms. The summed E-state index contributed by atoms with van der Waals surface area (Å²) in [4.78, 5) is 12.7. The van der Waals surface area contributed by atoms with E-state index in [-0.39, 0.29) is 16.5 Å². The van der Waals surface area contributed by atoms with Crippen LogP contribution in [0, 0.1) is 0 Å². The van der Waals surface area contributed by atoms with E-state index in [2.05, 4.69) is 5.10 Å². The maximum Gasteiger partial charge on any atom is 0.216 e. The van der Waals surface area contributed by atoms with E-state index < -0.39 is 0 Å². The van der Waals surface area contributed by atoms with Crippen LogP contribution in [-0.2, 0) is 7.05 Å². The minimum atomic E-state index is -0.308. The lowest BCUT2D eigenvalue weighted by atomic mass is 10.1. The van der Waals surface area contributed by atoms with E-state index >= 15 is 0 Å². The molecule has 0 saturated heterocycles. The number of aryl methyl sites for hydroxylation is 1. The van der Waals surface area contributed by atoms with Gasteiger partial charge in [0.05, 0.1) is 38.1 Å². The maximum absolute atomic E-state index is 12.7. The molecule has 21 heavy (non-hydrogen) atoms. The van der Waals surface area contributed by atoms with Crippen LogP contribution in [0.15, 0.2) is 18.3 Å². The SMILES string of the molecule is COc1cc(OC)c(C(=O)c2c(Cl)cnn2C)cc1OC. The zero-order valence-electron chi connectivity index (χ0n) is 12.1. The topological polar surface area (TPSA) is 62.6 Å². The third-order valence-electron chi connectivity index (χ3n) is 3.06. The predicted octanol–water partition coefficient (Wildman–Crippen LogP) is 2.33. The molecule has 0 amide bonds. The summed E-state index contributed by atoms with van der Waals surface area (Å²) in [5.74, 6) is 0.967. The fourth-order valence-electron chi connectivity index (χ4n) is 2.00. The lowest BCUT2D eigenvalue weighted by Crippen LogP contribution is -2.11. The summed E-state index contributed by atoms with van der Waals surface area (Å²) in [5.41, 5.74) is 0.600. The first-order valence-electron chi connectivity index (χ1n) is 6.05. The second-order valence-corrected chi connectivity index (χ2v) is 4.61. The Hall–Kier alpha value is -2.21. The van der Waals surface area contributed by atoms with Crippen LogP contribution in [0.2, 0.25) is 5.02 Å². The first kappa shape index (κ1) is 15.2. The highest BCUT2D eigenvalue weighted by Crippen LogP contribution is 2.36. The number of hydrogen-bond acceptors (Lipinski definition) is 5. The number of rotatable bonds is 5. The minimum absolute atomic E-state index is 0.277. The van der Waals surface area contributed by atoms with Crippen molar-refractivity contribution in [3.05, 3.63) is 34.6 Å². The van der Waals surface area contributed by atoms with E-state index in [0.29, 0.717) is 22.8 Å². The average molecular weight is 311 g/mol. The highest BCUT2D eigenvalue weighted by Gasteiger charge is 2.23. The van der Waals surface area contributed by atoms with Crippen LogP contribution in [0.4, 0.5) is 0 Å². The number of carbonyl (C=O) groups is 1. The molecule has 0 unspecified atom stereocenters. The summed E-state index contributed by atoms with van der Waals surface area (Å²) in [6, 6.07) is 3.15. The molecule has 6 nitrogen and oxygen atoms in total. The van der Waals surface area contributed by atoms with Crippen molar-refractivity contribution in [2.75, 3.05) is 21.3 Å². The Bertz CT molecular complexity index is 662. The fraction of sp³-hybridized carbons (Fsp3) is 0.286. The molecule has 2 rings (SSSR count). The molecular weight excluding hydrogens is 296 g/mol. The first-order valence-corrected chi connectivity index (χ1v) is 6.43. The monoisotopic (exact) mass is 310 g/mol. The van der Waals surface area contributed by atoms with Gasteiger partial charge in [-0.3, -0.25) is 9.48 Å². The molecule has 1 heterocycles. The van der Waals surface area contributed by atoms with Gasteiger partial charge in [0.25, 0.3) is 0 Å². The second kappa shape index (κ2) is 6.05. The van der Waals surface area contributed by atoms with Crippen molar-refractivity contribution in [2.24, 2.45) is 7.05 Å². The molecule has 0 bridgehead atoms. The van der Waals surface area contributed by atoms with E-state index in [1.54, 1.807) is 19.2 Å². The maximum atomic E-state index is 12.7. The Balaban J connectivity index is 2.60. The highest BCUT2D eigenvalue weighted by molar-refractivity contribution is 6.34. The van der Waals surface area contributed by atoms with Gasteiger partial charge in [-0.15, -0.1) is 0 Å². The zero-order chi connectivity index (χ0) is 15.6. The Labute approximate surface area is 127 Å². The summed E-state index contributed by atoms with van der Waals surface area (Å²) in [5, 5.41) is 4.24. The van der Waals surface area contributed by atoms with Gasteiger partial charge in [-0.25, -0.2) is 0 Å². The molecule has 0 atom stereocenters. The van der Waals surface area contributed by atoms with Gasteiger partial charge in [0.1, 0.15) is 11.4 Å². The van der Waals surface area contributed by atoms with Gasteiger partial charge in [-0.05, 0) is 6.07 Å². The summed E-state index contributed by atoms with van der Waals surface area (Å²) >= 11 is 6.02. The third kappa shape index (κ3) is 2.67. The van der Waals surface area contributed by atoms with Crippen LogP contribution >= 0.6 is 11.6 Å². The molecule has 1 aromatic carbocycles. The molecule has 0 N–H and O–H groups in total. The summed E-state index contributed by atoms with van der Waals surface area (Å²) in [7, 11) is 6.13. The molecule has 1 aromatic heterocycles. The molecule has 0 aliphatic heterocycles. The van der Waals surface area contributed by atoms with Crippen molar-refractivity contribution < 1.29 is 19.0 Å². The second-order valence-electron chi connectivity index (χ2n) is 4.20. The van der Waals surface area contributed by atoms with Crippen LogP contribution in [0.5, 0.6) is 17.2 Å². The molecule has 0 saturated carbocycles. The number of aromatic nitrogens is 2. The van der Waals surface area contributed by atoms with Crippen LogP contribution in [0.1, 0.15) is 16.1 Å². The van der Waals surface area contributed by atoms with Gasteiger partial charge in [0.15, 0.2) is 11.5 Å². The summed E-state index contributed by atoms with van der Waals surface area (Å²) < 4.78 is 17.1. The van der Waals surface area contributed by atoms with Gasteiger partial charge in [-0.1, -0.05) is 11.6 Å². The third-order valence-corrected chi connectivity index (χ3v) is 3.34. The molecular formula is C14H15ClN2O4. The molecule has 2 aromatic rings. The van der Waals surface area contributed by atoms with E-state index in [1.165, 1.54) is 32.2 Å². The Morgan fingerprint density at radius 3 is 2.14 bits per heavy atom. The van der Waals surface area contributed by atoms with Crippen molar-refractivity contribution >= 4 is 17.4 Å². The molecule has 0 aliphatic rings. The number of nitrogens with zero attached hydrogens (tertiary/aromatic N) is 2. The van der Waals surface area contributed by atoms with Crippen LogP contribution < -0.4 is 14.2 Å². The van der Waals surface area contributed by atoms with Crippen molar-refractivity contribution in [2.45, 2.75) is 0 Å². The molecule has 0 spiro atoms. The van der Waals surface area contributed by atoms with Crippen molar-refractivity contribution in [3.8, 4) is 17.2 Å². The van der Waals surface area contributed by atoms with E-state index in [4.69, 9.17) is 25.8 Å². The first-order chi connectivity index (χ1) is 10.0. The van der Waals surface area contributed by atoms with Gasteiger partial charge < -0.3 is 14.2 Å². The predicted molar refractivity (Wildman–Crippen MR) is 77.7 cm³/mol. The van der Waals surface area contributed by atoms with Gasteiger partial charge in [-0.2, -0.15) is 5.10 Å². The quantitative estimate of drug-likeness (QED) is 0.793. The van der Waals surface area contributed by atoms with Crippen molar-refractivity contribution in [3.63, 3.8) is 0 Å². The smallest absolute Gasteiger partial charge is 0.216 e. The van der Waals surface area contributed by atoms with Crippen LogP contribution in [0.3, 0.4) is 0 Å². The van der Waals surface area contributed by atoms with Gasteiger partial charge >= 0.3 is 0 Å². The van der Waals surface area contributed by atoms with E-state index in [1.807, 2.05) is 0 Å². The number of ether oxygens (including phenoxy) is 3. The number of benzene rings is 1. The number of carbonyl (C=O) groups excluding carboxylic acids is 1. The Kier molecular flexibility index (Phi) is 4.37. The van der Waals surface area contributed by atoms with Crippen LogP contribution in [-0.4, -0.2) is 36.9 Å².